The average molecular weight is 403 g/mol. The second kappa shape index (κ2) is 7.98. The molecule has 146 valence electrons. The molecule has 0 saturated heterocycles. The zero-order chi connectivity index (χ0) is 20.3. The van der Waals surface area contributed by atoms with E-state index in [0.29, 0.717) is 17.0 Å². The Morgan fingerprint density at radius 2 is 1.50 bits per heavy atom. The van der Waals surface area contributed by atoms with E-state index < -0.39 is 32.6 Å². The largest absolute Gasteiger partial charge is 0.497 e. The van der Waals surface area contributed by atoms with Crippen LogP contribution in [0.15, 0.2) is 77.7 Å². The quantitative estimate of drug-likeness (QED) is 0.586. The molecule has 0 fully saturated rings. The molecule has 0 spiro atoms. The van der Waals surface area contributed by atoms with Crippen LogP contribution in [0.5, 0.6) is 5.75 Å². The Balaban J connectivity index is 2.15. The van der Waals surface area contributed by atoms with Gasteiger partial charge in [0.15, 0.2) is 0 Å². The SMILES string of the molecule is COc1ccc(N([C@@H](C)c2ccc(F)cc2)S(=O)(=O)c2ccccc2F)cc1. The summed E-state index contributed by atoms with van der Waals surface area (Å²) < 4.78 is 60.6. The van der Waals surface area contributed by atoms with Gasteiger partial charge in [-0.3, -0.25) is 4.31 Å². The molecule has 0 bridgehead atoms. The van der Waals surface area contributed by atoms with Gasteiger partial charge in [0.05, 0.1) is 18.8 Å². The Bertz CT molecular complexity index is 1050. The Morgan fingerprint density at radius 3 is 2.07 bits per heavy atom. The van der Waals surface area contributed by atoms with Crippen LogP contribution in [0, 0.1) is 11.6 Å². The monoisotopic (exact) mass is 403 g/mol. The van der Waals surface area contributed by atoms with E-state index in [1.165, 1.54) is 49.6 Å². The number of halogens is 2. The number of hydrogen-bond acceptors (Lipinski definition) is 3. The van der Waals surface area contributed by atoms with Gasteiger partial charge >= 0.3 is 0 Å². The lowest BCUT2D eigenvalue weighted by molar-refractivity contribution is 0.415. The zero-order valence-corrected chi connectivity index (χ0v) is 16.2. The van der Waals surface area contributed by atoms with Gasteiger partial charge in [-0.15, -0.1) is 0 Å². The van der Waals surface area contributed by atoms with Crippen LogP contribution in [-0.4, -0.2) is 15.5 Å². The van der Waals surface area contributed by atoms with Crippen LogP contribution in [-0.2, 0) is 10.0 Å². The van der Waals surface area contributed by atoms with E-state index >= 15 is 0 Å². The molecule has 0 amide bonds. The van der Waals surface area contributed by atoms with Gasteiger partial charge in [0.2, 0.25) is 0 Å². The Labute approximate surface area is 163 Å². The molecule has 4 nitrogen and oxygen atoms in total. The molecule has 7 heteroatoms. The van der Waals surface area contributed by atoms with Crippen LogP contribution >= 0.6 is 0 Å². The van der Waals surface area contributed by atoms with Gasteiger partial charge in [-0.1, -0.05) is 24.3 Å². The van der Waals surface area contributed by atoms with Crippen LogP contribution in [0.3, 0.4) is 0 Å². The standard InChI is InChI=1S/C21H19F2NO3S/c1-15(16-7-9-17(22)10-8-16)24(18-11-13-19(27-2)14-12-18)28(25,26)21-6-4-3-5-20(21)23/h3-15H,1-2H3/t15-/m0/s1. The van der Waals surface area contributed by atoms with Crippen LogP contribution < -0.4 is 9.04 Å². The fraction of sp³-hybridized carbons (Fsp3) is 0.143. The smallest absolute Gasteiger partial charge is 0.267 e. The summed E-state index contributed by atoms with van der Waals surface area (Å²) in [7, 11) is -2.73. The van der Waals surface area contributed by atoms with Crippen LogP contribution in [0.2, 0.25) is 0 Å². The first-order valence-corrected chi connectivity index (χ1v) is 9.97. The van der Waals surface area contributed by atoms with Gasteiger partial charge in [-0.2, -0.15) is 0 Å². The highest BCUT2D eigenvalue weighted by Gasteiger charge is 2.32. The van der Waals surface area contributed by atoms with E-state index in [2.05, 4.69) is 0 Å². The van der Waals surface area contributed by atoms with Crippen molar-refractivity contribution in [3.8, 4) is 5.75 Å². The highest BCUT2D eigenvalue weighted by molar-refractivity contribution is 7.92. The van der Waals surface area contributed by atoms with Gasteiger partial charge in [0.1, 0.15) is 22.3 Å². The summed E-state index contributed by atoms with van der Waals surface area (Å²) in [6, 6.07) is 16.4. The van der Waals surface area contributed by atoms with Crippen molar-refractivity contribution >= 4 is 15.7 Å². The third kappa shape index (κ3) is 3.84. The summed E-state index contributed by atoms with van der Waals surface area (Å²) in [5, 5.41) is 0. The molecule has 1 atom stereocenters. The minimum atomic E-state index is -4.24. The van der Waals surface area contributed by atoms with Crippen molar-refractivity contribution < 1.29 is 21.9 Å². The first-order valence-electron chi connectivity index (χ1n) is 8.53. The molecular weight excluding hydrogens is 384 g/mol. The van der Waals surface area contributed by atoms with E-state index in [1.54, 1.807) is 31.2 Å². The minimum absolute atomic E-state index is 0.334. The summed E-state index contributed by atoms with van der Waals surface area (Å²) in [6.45, 7) is 1.66. The summed E-state index contributed by atoms with van der Waals surface area (Å²) in [5.41, 5.74) is 0.901. The number of ether oxygens (including phenoxy) is 1. The van der Waals surface area contributed by atoms with Crippen molar-refractivity contribution in [2.24, 2.45) is 0 Å². The van der Waals surface area contributed by atoms with Crippen LogP contribution in [0.1, 0.15) is 18.5 Å². The fourth-order valence-electron chi connectivity index (χ4n) is 2.94. The van der Waals surface area contributed by atoms with Crippen LogP contribution in [0.25, 0.3) is 0 Å². The third-order valence-corrected chi connectivity index (χ3v) is 6.34. The van der Waals surface area contributed by atoms with Gasteiger partial charge < -0.3 is 4.74 Å². The Morgan fingerprint density at radius 1 is 0.893 bits per heavy atom. The van der Waals surface area contributed by atoms with Crippen molar-refractivity contribution in [2.75, 3.05) is 11.4 Å². The van der Waals surface area contributed by atoms with Gasteiger partial charge in [-0.05, 0) is 61.0 Å². The molecule has 0 aromatic heterocycles. The number of nitrogens with zero attached hydrogens (tertiary/aromatic N) is 1. The summed E-state index contributed by atoms with van der Waals surface area (Å²) in [6.07, 6.45) is 0. The maximum absolute atomic E-state index is 14.3. The first-order chi connectivity index (χ1) is 13.3. The highest BCUT2D eigenvalue weighted by atomic mass is 32.2. The molecule has 0 aliphatic heterocycles. The Hall–Kier alpha value is -2.93. The third-order valence-electron chi connectivity index (χ3n) is 4.40. The van der Waals surface area contributed by atoms with Crippen molar-refractivity contribution in [2.45, 2.75) is 17.9 Å². The molecule has 0 heterocycles. The minimum Gasteiger partial charge on any atom is -0.497 e. The normalized spacial score (nSPS) is 12.4. The molecule has 28 heavy (non-hydrogen) atoms. The second-order valence-electron chi connectivity index (χ2n) is 6.16. The first kappa shape index (κ1) is 19.8. The van der Waals surface area contributed by atoms with Gasteiger partial charge in [-0.25, -0.2) is 17.2 Å². The number of benzene rings is 3. The number of methoxy groups -OCH3 is 1. The molecule has 0 radical (unpaired) electrons. The number of anilines is 1. The van der Waals surface area contributed by atoms with E-state index in [0.717, 1.165) is 10.4 Å². The summed E-state index contributed by atoms with van der Waals surface area (Å²) in [4.78, 5) is -0.431. The predicted octanol–water partition coefficient (Wildman–Crippen LogP) is 4.93. The average Bonchev–Trinajstić information content (AvgIpc) is 2.69. The maximum Gasteiger partial charge on any atom is 0.267 e. The molecule has 0 aliphatic rings. The lowest BCUT2D eigenvalue weighted by Crippen LogP contribution is -2.34. The summed E-state index contributed by atoms with van der Waals surface area (Å²) >= 11 is 0. The Kier molecular flexibility index (Phi) is 5.65. The predicted molar refractivity (Wildman–Crippen MR) is 104 cm³/mol. The van der Waals surface area contributed by atoms with Crippen molar-refractivity contribution in [3.05, 3.63) is 90.0 Å². The van der Waals surface area contributed by atoms with Gasteiger partial charge in [0.25, 0.3) is 10.0 Å². The molecule has 0 aliphatic carbocycles. The molecule has 0 N–H and O–H groups in total. The van der Waals surface area contributed by atoms with Crippen molar-refractivity contribution in [1.82, 2.24) is 0 Å². The lowest BCUT2D eigenvalue weighted by Gasteiger charge is -2.31. The topological polar surface area (TPSA) is 46.6 Å². The van der Waals surface area contributed by atoms with E-state index in [-0.39, 0.29) is 0 Å². The van der Waals surface area contributed by atoms with Crippen LogP contribution in [0.4, 0.5) is 14.5 Å². The number of sulfonamides is 1. The van der Waals surface area contributed by atoms with E-state index in [1.807, 2.05) is 0 Å². The van der Waals surface area contributed by atoms with E-state index in [9.17, 15) is 17.2 Å². The number of rotatable bonds is 6. The van der Waals surface area contributed by atoms with Gasteiger partial charge in [0, 0.05) is 0 Å². The fourth-order valence-corrected chi connectivity index (χ4v) is 4.65. The summed E-state index contributed by atoms with van der Waals surface area (Å²) in [5.74, 6) is -0.711. The lowest BCUT2D eigenvalue weighted by atomic mass is 10.1. The molecule has 3 aromatic carbocycles. The highest BCUT2D eigenvalue weighted by Crippen LogP contribution is 2.34. The molecule has 3 aromatic rings. The molecule has 3 rings (SSSR count). The maximum atomic E-state index is 14.3. The zero-order valence-electron chi connectivity index (χ0n) is 15.3. The molecular formula is C21H19F2NO3S. The van der Waals surface area contributed by atoms with Crippen molar-refractivity contribution in [1.29, 1.82) is 0 Å². The molecule has 0 saturated carbocycles. The second-order valence-corrected chi connectivity index (χ2v) is 7.94. The van der Waals surface area contributed by atoms with Crippen molar-refractivity contribution in [3.63, 3.8) is 0 Å². The van der Waals surface area contributed by atoms with E-state index in [4.69, 9.17) is 4.74 Å². The number of hydrogen-bond donors (Lipinski definition) is 0. The molecule has 0 unspecified atom stereocenters.